The van der Waals surface area contributed by atoms with Gasteiger partial charge >= 0.3 is 6.09 Å². The van der Waals surface area contributed by atoms with Crippen LogP contribution in [0.2, 0.25) is 0 Å². The van der Waals surface area contributed by atoms with Gasteiger partial charge in [-0.15, -0.1) is 6.58 Å². The summed E-state index contributed by atoms with van der Waals surface area (Å²) in [5.74, 6) is -0.287. The lowest BCUT2D eigenvalue weighted by Crippen LogP contribution is -2.70. The summed E-state index contributed by atoms with van der Waals surface area (Å²) in [7, 11) is 0. The zero-order valence-corrected chi connectivity index (χ0v) is 32.6. The Labute approximate surface area is 334 Å². The molecular weight excluding hydrogens is 728 g/mol. The van der Waals surface area contributed by atoms with Crippen LogP contribution in [-0.2, 0) is 27.5 Å². The molecule has 0 spiro atoms. The van der Waals surface area contributed by atoms with Crippen LogP contribution < -0.4 is 14.2 Å². The highest BCUT2D eigenvalue weighted by atomic mass is 16.7. The van der Waals surface area contributed by atoms with Gasteiger partial charge in [0, 0.05) is 37.7 Å². The normalized spacial score (nSPS) is 24.8. The van der Waals surface area contributed by atoms with Crippen molar-refractivity contribution in [1.29, 1.82) is 0 Å². The van der Waals surface area contributed by atoms with Gasteiger partial charge in [0.05, 0.1) is 24.8 Å². The molecule has 7 rings (SSSR count). The Bertz CT molecular complexity index is 1920. The smallest absolute Gasteiger partial charge is 0.410 e. The molecule has 0 aromatic heterocycles. The molecule has 0 radical (unpaired) electrons. The van der Waals surface area contributed by atoms with Crippen LogP contribution in [0.4, 0.5) is 4.79 Å². The third-order valence-electron chi connectivity index (χ3n) is 11.6. The van der Waals surface area contributed by atoms with E-state index in [2.05, 4.69) is 12.7 Å². The van der Waals surface area contributed by atoms with Crippen LogP contribution in [0.1, 0.15) is 74.5 Å². The van der Waals surface area contributed by atoms with Crippen molar-refractivity contribution in [2.45, 2.75) is 82.8 Å². The van der Waals surface area contributed by atoms with Crippen molar-refractivity contribution in [1.82, 2.24) is 4.90 Å². The Balaban J connectivity index is 1.43. The fourth-order valence-electron chi connectivity index (χ4n) is 9.16. The molecule has 1 amide bonds. The zero-order chi connectivity index (χ0) is 39.8. The number of carbonyl (C=O) groups is 1. The topological polar surface area (TPSA) is 149 Å². The Morgan fingerprint density at radius 3 is 2.51 bits per heavy atom. The van der Waals surface area contributed by atoms with Crippen LogP contribution in [0.15, 0.2) is 96.2 Å². The summed E-state index contributed by atoms with van der Waals surface area (Å²) >= 11 is 0. The van der Waals surface area contributed by atoms with E-state index in [0.29, 0.717) is 35.8 Å². The number of benzene rings is 3. The van der Waals surface area contributed by atoms with Crippen LogP contribution in [-0.4, -0.2) is 77.1 Å². The van der Waals surface area contributed by atoms with E-state index in [-0.39, 0.29) is 76.3 Å². The number of aromatic hydroxyl groups is 1. The summed E-state index contributed by atoms with van der Waals surface area (Å²) < 4.78 is 31.3. The maximum atomic E-state index is 14.4. The number of phenols is 1. The number of fused-ring (bicyclic) bond motifs is 3. The minimum absolute atomic E-state index is 0.0234. The Hall–Kier alpha value is -5.04. The first-order chi connectivity index (χ1) is 27.9. The van der Waals surface area contributed by atoms with E-state index in [1.165, 1.54) is 0 Å². The van der Waals surface area contributed by atoms with Gasteiger partial charge < -0.3 is 43.8 Å². The average molecular weight is 783 g/mol. The number of aliphatic hydroxyl groups is 2. The Kier molecular flexibility index (Phi) is 13.0. The molecule has 2 aliphatic carbocycles. The highest BCUT2D eigenvalue weighted by Gasteiger charge is 2.65. The van der Waals surface area contributed by atoms with E-state index in [4.69, 9.17) is 33.7 Å². The highest BCUT2D eigenvalue weighted by Crippen LogP contribution is 2.62. The van der Waals surface area contributed by atoms with Gasteiger partial charge in [-0.25, -0.2) is 4.79 Å². The summed E-state index contributed by atoms with van der Waals surface area (Å²) in [6, 6.07) is 19.8. The molecule has 3 aromatic rings. The van der Waals surface area contributed by atoms with Crippen LogP contribution in [0, 0.1) is 17.8 Å². The minimum atomic E-state index is -1.47. The zero-order valence-electron chi connectivity index (χ0n) is 32.6. The molecule has 12 heteroatoms. The number of oxime groups is 1. The van der Waals surface area contributed by atoms with Gasteiger partial charge in [-0.1, -0.05) is 66.5 Å². The summed E-state index contributed by atoms with van der Waals surface area (Å²) in [4.78, 5) is 22.2. The van der Waals surface area contributed by atoms with E-state index in [1.807, 2.05) is 48.5 Å². The van der Waals surface area contributed by atoms with Gasteiger partial charge in [0.1, 0.15) is 24.1 Å². The minimum Gasteiger partial charge on any atom is -0.508 e. The van der Waals surface area contributed by atoms with Crippen LogP contribution in [0.5, 0.6) is 23.0 Å². The monoisotopic (exact) mass is 782 g/mol. The van der Waals surface area contributed by atoms with Crippen LogP contribution >= 0.6 is 0 Å². The van der Waals surface area contributed by atoms with Crippen molar-refractivity contribution in [3.8, 4) is 23.0 Å². The Morgan fingerprint density at radius 1 is 0.965 bits per heavy atom. The number of aliphatic hydroxyl groups excluding tert-OH is 2. The van der Waals surface area contributed by atoms with Crippen molar-refractivity contribution >= 4 is 11.8 Å². The molecule has 0 bridgehead atoms. The number of phenolic OH excluding ortho intramolecular Hbond substituents is 1. The summed E-state index contributed by atoms with van der Waals surface area (Å²) in [6.07, 6.45) is 8.12. The molecule has 4 aliphatic rings. The van der Waals surface area contributed by atoms with Gasteiger partial charge in [-0.3, -0.25) is 4.90 Å². The predicted octanol–water partition coefficient (Wildman–Crippen LogP) is 7.61. The molecule has 304 valence electrons. The number of nitrogens with zero attached hydrogens (tertiary/aromatic N) is 2. The number of amides is 1. The second-order valence-electron chi connectivity index (χ2n) is 15.1. The number of hydrogen-bond donors (Lipinski definition) is 3. The fourth-order valence-corrected chi connectivity index (χ4v) is 9.16. The maximum absolute atomic E-state index is 14.4. The Morgan fingerprint density at radius 2 is 1.74 bits per heavy atom. The first kappa shape index (κ1) is 40.2. The number of hydrogen-bond acceptors (Lipinski definition) is 11. The predicted molar refractivity (Wildman–Crippen MR) is 213 cm³/mol. The number of ether oxygens (including phenoxy) is 5. The summed E-state index contributed by atoms with van der Waals surface area (Å²) in [6.45, 7) is 6.70. The van der Waals surface area contributed by atoms with Crippen LogP contribution in [0.25, 0.3) is 0 Å². The second kappa shape index (κ2) is 18.5. The molecule has 3 N–H and O–H groups in total. The summed E-state index contributed by atoms with van der Waals surface area (Å²) in [5, 5.41) is 35.5. The molecular formula is C45H54N2O10. The lowest BCUT2D eigenvalue weighted by atomic mass is 9.55. The lowest BCUT2D eigenvalue weighted by Gasteiger charge is -2.59. The fraction of sp³-hybridized carbons (Fsp3) is 0.467. The third kappa shape index (κ3) is 8.49. The van der Waals surface area contributed by atoms with E-state index < -0.39 is 23.8 Å². The number of carbonyl (C=O) groups excluding carboxylic acids is 1. The largest absolute Gasteiger partial charge is 0.508 e. The average Bonchev–Trinajstić information content (AvgIpc) is 3.70. The summed E-state index contributed by atoms with van der Waals surface area (Å²) in [5.41, 5.74) is 4.16. The molecule has 2 aliphatic heterocycles. The molecule has 2 heterocycles. The van der Waals surface area contributed by atoms with E-state index in [9.17, 15) is 20.1 Å². The van der Waals surface area contributed by atoms with E-state index in [0.717, 1.165) is 47.9 Å². The molecule has 6 atom stereocenters. The van der Waals surface area contributed by atoms with Crippen molar-refractivity contribution < 1.29 is 48.6 Å². The highest BCUT2D eigenvalue weighted by molar-refractivity contribution is 6.03. The maximum Gasteiger partial charge on any atom is 0.410 e. The van der Waals surface area contributed by atoms with Gasteiger partial charge in [0.25, 0.3) is 0 Å². The number of unbranched alkanes of at least 4 members (excludes halogenated alkanes) is 2. The van der Waals surface area contributed by atoms with E-state index >= 15 is 0 Å². The first-order valence-electron chi connectivity index (χ1n) is 20.2. The van der Waals surface area contributed by atoms with Crippen molar-refractivity contribution in [2.24, 2.45) is 22.9 Å². The molecule has 1 fully saturated rings. The van der Waals surface area contributed by atoms with Gasteiger partial charge in [-0.2, -0.15) is 0 Å². The molecule has 12 nitrogen and oxygen atoms in total. The molecule has 3 aromatic carbocycles. The molecule has 6 unspecified atom stereocenters. The molecule has 57 heavy (non-hydrogen) atoms. The van der Waals surface area contributed by atoms with Gasteiger partial charge in [0.2, 0.25) is 12.6 Å². The lowest BCUT2D eigenvalue weighted by molar-refractivity contribution is -0.256. The van der Waals surface area contributed by atoms with Gasteiger partial charge in [0.15, 0.2) is 11.5 Å². The van der Waals surface area contributed by atoms with Gasteiger partial charge in [-0.05, 0) is 91.5 Å². The first-order valence-corrected chi connectivity index (χ1v) is 20.2. The molecule has 0 saturated heterocycles. The van der Waals surface area contributed by atoms with Crippen molar-refractivity contribution in [3.05, 3.63) is 108 Å². The number of rotatable bonds is 18. The van der Waals surface area contributed by atoms with E-state index in [1.54, 1.807) is 36.1 Å². The second-order valence-corrected chi connectivity index (χ2v) is 15.1. The van der Waals surface area contributed by atoms with Crippen molar-refractivity contribution in [2.75, 3.05) is 33.2 Å². The third-order valence-corrected chi connectivity index (χ3v) is 11.6. The molecule has 1 saturated carbocycles. The van der Waals surface area contributed by atoms with Crippen molar-refractivity contribution in [3.63, 3.8) is 0 Å². The standard InChI is InChI=1S/C45H54N2O10/c1-3-22-55-45-41(47(44(51)52-4-2)27-31-16-18-39-40(23-31)54-29-53-39)26-37(46-56-28-30-12-6-5-7-13-30)35-24-32(14-8-10-20-48)34(15-9-11-21-49)42(43(35)45)36-25-33(50)17-19-38(36)57-45/h3,5-7,12-13,16-19,23-25,32,34,41-43,48-50H,1,4,8-11,14-15,20-22,26-29H2,2H3. The SMILES string of the molecule is C=CCOC12Oc3ccc(O)cc3C3C(CCCCO)C(CCCCO)C=C(C(=NOCc4ccccc4)CC1N(Cc1ccc4c(c1)OCO4)C(=O)OCC)C32. The quantitative estimate of drug-likeness (QED) is 0.0669. The van der Waals surface area contributed by atoms with Crippen LogP contribution in [0.3, 0.4) is 0 Å². The number of allylic oxidation sites excluding steroid dienone is 1.